The van der Waals surface area contributed by atoms with Crippen LogP contribution in [-0.2, 0) is 9.84 Å². The van der Waals surface area contributed by atoms with Crippen LogP contribution < -0.4 is 14.8 Å². The molecule has 0 aliphatic carbocycles. The number of fused-ring (bicyclic) bond motifs is 2. The van der Waals surface area contributed by atoms with Crippen LogP contribution in [0, 0.1) is 0 Å². The van der Waals surface area contributed by atoms with Crippen LogP contribution in [0.2, 0.25) is 0 Å². The van der Waals surface area contributed by atoms with Gasteiger partial charge in [-0.2, -0.15) is 0 Å². The molecule has 6 heteroatoms. The zero-order valence-corrected chi connectivity index (χ0v) is 12.6. The summed E-state index contributed by atoms with van der Waals surface area (Å²) in [5, 5.41) is 3.30. The molecule has 5 nitrogen and oxygen atoms in total. The number of sulfone groups is 1. The molecule has 2 aromatic rings. The van der Waals surface area contributed by atoms with Crippen molar-refractivity contribution in [2.24, 2.45) is 0 Å². The number of benzene rings is 2. The molecule has 0 radical (unpaired) electrons. The summed E-state index contributed by atoms with van der Waals surface area (Å²) in [6, 6.07) is 12.3. The smallest absolute Gasteiger partial charge is 0.182 e. The van der Waals surface area contributed by atoms with Crippen molar-refractivity contribution >= 4 is 15.5 Å². The molecule has 1 unspecified atom stereocenters. The maximum absolute atomic E-state index is 12.4. The topological polar surface area (TPSA) is 64.6 Å². The Bertz CT molecular complexity index is 832. The molecule has 0 saturated heterocycles. The van der Waals surface area contributed by atoms with Gasteiger partial charge in [-0.15, -0.1) is 0 Å². The van der Waals surface area contributed by atoms with Crippen LogP contribution in [0.15, 0.2) is 47.4 Å². The first-order chi connectivity index (χ1) is 10.6. The number of rotatable bonds is 1. The molecule has 0 bridgehead atoms. The monoisotopic (exact) mass is 317 g/mol. The molecular weight excluding hydrogens is 302 g/mol. The summed E-state index contributed by atoms with van der Waals surface area (Å²) < 4.78 is 36.0. The van der Waals surface area contributed by atoms with Gasteiger partial charge >= 0.3 is 0 Å². The van der Waals surface area contributed by atoms with Gasteiger partial charge in [0.2, 0.25) is 0 Å². The van der Waals surface area contributed by atoms with E-state index in [1.54, 1.807) is 18.2 Å². The molecule has 0 saturated carbocycles. The molecule has 0 amide bonds. The Hall–Kier alpha value is -2.21. The maximum atomic E-state index is 12.4. The van der Waals surface area contributed by atoms with Crippen LogP contribution >= 0.6 is 0 Å². The largest absolute Gasteiger partial charge is 0.486 e. The van der Waals surface area contributed by atoms with Crippen molar-refractivity contribution in [3.63, 3.8) is 0 Å². The average molecular weight is 317 g/mol. The highest BCUT2D eigenvalue weighted by Crippen LogP contribution is 2.37. The minimum absolute atomic E-state index is 0.0314. The highest BCUT2D eigenvalue weighted by Gasteiger charge is 2.31. The first-order valence-electron chi connectivity index (χ1n) is 7.11. The molecule has 0 spiro atoms. The molecule has 1 atom stereocenters. The van der Waals surface area contributed by atoms with E-state index in [4.69, 9.17) is 9.47 Å². The van der Waals surface area contributed by atoms with E-state index in [1.807, 2.05) is 24.3 Å². The predicted octanol–water partition coefficient (Wildman–Crippen LogP) is 2.40. The van der Waals surface area contributed by atoms with Crippen molar-refractivity contribution < 1.29 is 17.9 Å². The van der Waals surface area contributed by atoms with Crippen molar-refractivity contribution in [3.05, 3.63) is 48.0 Å². The Morgan fingerprint density at radius 2 is 1.77 bits per heavy atom. The van der Waals surface area contributed by atoms with Gasteiger partial charge in [-0.1, -0.05) is 18.2 Å². The van der Waals surface area contributed by atoms with Crippen molar-refractivity contribution in [1.82, 2.24) is 0 Å². The second-order valence-electron chi connectivity index (χ2n) is 5.38. The zero-order chi connectivity index (χ0) is 15.2. The quantitative estimate of drug-likeness (QED) is 0.875. The second kappa shape index (κ2) is 4.91. The predicted molar refractivity (Wildman–Crippen MR) is 82.3 cm³/mol. The van der Waals surface area contributed by atoms with E-state index in [0.29, 0.717) is 35.3 Å². The number of hydrogen-bond acceptors (Lipinski definition) is 5. The van der Waals surface area contributed by atoms with Crippen LogP contribution in [0.3, 0.4) is 0 Å². The van der Waals surface area contributed by atoms with Gasteiger partial charge in [0.1, 0.15) is 13.2 Å². The molecule has 2 heterocycles. The lowest BCUT2D eigenvalue weighted by molar-refractivity contribution is 0.171. The molecule has 1 N–H and O–H groups in total. The highest BCUT2D eigenvalue weighted by molar-refractivity contribution is 7.91. The maximum Gasteiger partial charge on any atom is 0.182 e. The molecule has 0 fully saturated rings. The molecule has 0 aromatic heterocycles. The normalized spacial score (nSPS) is 21.5. The standard InChI is InChI=1S/C16H15NO4S/c18-22(19)10-13(17-12-3-1-2-4-16(12)22)11-5-6-14-15(9-11)21-8-7-20-14/h1-6,9,13,17H,7-8,10H2. The van der Waals surface area contributed by atoms with E-state index >= 15 is 0 Å². The van der Waals surface area contributed by atoms with Crippen molar-refractivity contribution in [2.75, 3.05) is 24.3 Å². The Balaban J connectivity index is 1.73. The van der Waals surface area contributed by atoms with E-state index in [9.17, 15) is 8.42 Å². The van der Waals surface area contributed by atoms with Gasteiger partial charge in [-0.3, -0.25) is 0 Å². The molecular formula is C16H15NO4S. The van der Waals surface area contributed by atoms with E-state index < -0.39 is 9.84 Å². The van der Waals surface area contributed by atoms with Crippen LogP contribution in [-0.4, -0.2) is 27.4 Å². The summed E-state index contributed by atoms with van der Waals surface area (Å²) in [7, 11) is -3.30. The lowest BCUT2D eigenvalue weighted by Gasteiger charge is -2.28. The minimum Gasteiger partial charge on any atom is -0.486 e. The number of nitrogens with one attached hydrogen (secondary N) is 1. The van der Waals surface area contributed by atoms with Gasteiger partial charge in [0.15, 0.2) is 21.3 Å². The second-order valence-corrected chi connectivity index (χ2v) is 7.38. The zero-order valence-electron chi connectivity index (χ0n) is 11.8. The molecule has 114 valence electrons. The lowest BCUT2D eigenvalue weighted by atomic mass is 10.1. The summed E-state index contributed by atoms with van der Waals surface area (Å²) in [5.74, 6) is 1.40. The molecule has 2 aromatic carbocycles. The third-order valence-corrected chi connectivity index (χ3v) is 5.70. The third-order valence-electron chi connectivity index (χ3n) is 3.91. The summed E-state index contributed by atoms with van der Waals surface area (Å²) in [6.45, 7) is 1.05. The van der Waals surface area contributed by atoms with Crippen LogP contribution in [0.4, 0.5) is 5.69 Å². The highest BCUT2D eigenvalue weighted by atomic mass is 32.2. The molecule has 4 rings (SSSR count). The van der Waals surface area contributed by atoms with Crippen molar-refractivity contribution in [1.29, 1.82) is 0 Å². The number of ether oxygens (including phenoxy) is 2. The molecule has 22 heavy (non-hydrogen) atoms. The fraction of sp³-hybridized carbons (Fsp3) is 0.250. The van der Waals surface area contributed by atoms with Crippen molar-refractivity contribution in [3.8, 4) is 11.5 Å². The van der Waals surface area contributed by atoms with E-state index in [1.165, 1.54) is 0 Å². The Labute approximate surface area is 128 Å². The number of hydrogen-bond donors (Lipinski definition) is 1. The third kappa shape index (κ3) is 2.20. The SMILES string of the molecule is O=S1(=O)CC(c2ccc3c(c2)OCCO3)Nc2ccccc21. The fourth-order valence-electron chi connectivity index (χ4n) is 2.85. The minimum atomic E-state index is -3.30. The summed E-state index contributed by atoms with van der Waals surface area (Å²) in [4.78, 5) is 0.365. The van der Waals surface area contributed by atoms with Crippen LogP contribution in [0.25, 0.3) is 0 Å². The van der Waals surface area contributed by atoms with Crippen molar-refractivity contribution in [2.45, 2.75) is 10.9 Å². The fourth-order valence-corrected chi connectivity index (χ4v) is 4.49. The summed E-state index contributed by atoms with van der Waals surface area (Å²) >= 11 is 0. The lowest BCUT2D eigenvalue weighted by Crippen LogP contribution is -2.27. The summed E-state index contributed by atoms with van der Waals surface area (Å²) in [6.07, 6.45) is 0. The Morgan fingerprint density at radius 3 is 2.64 bits per heavy atom. The van der Waals surface area contributed by atoms with Crippen LogP contribution in [0.1, 0.15) is 11.6 Å². The molecule has 2 aliphatic rings. The van der Waals surface area contributed by atoms with Gasteiger partial charge in [-0.25, -0.2) is 8.42 Å². The van der Waals surface area contributed by atoms with Crippen LogP contribution in [0.5, 0.6) is 11.5 Å². The van der Waals surface area contributed by atoms with E-state index in [2.05, 4.69) is 5.32 Å². The van der Waals surface area contributed by atoms with E-state index in [-0.39, 0.29) is 11.8 Å². The van der Waals surface area contributed by atoms with Gasteiger partial charge in [0.25, 0.3) is 0 Å². The summed E-state index contributed by atoms with van der Waals surface area (Å²) in [5.41, 5.74) is 1.52. The van der Waals surface area contributed by atoms with Gasteiger partial charge in [0, 0.05) is 0 Å². The Morgan fingerprint density at radius 1 is 1.00 bits per heavy atom. The first kappa shape index (κ1) is 13.5. The first-order valence-corrected chi connectivity index (χ1v) is 8.76. The number of anilines is 1. The Kier molecular flexibility index (Phi) is 3.00. The molecule has 2 aliphatic heterocycles. The van der Waals surface area contributed by atoms with Gasteiger partial charge in [-0.05, 0) is 29.8 Å². The van der Waals surface area contributed by atoms with Gasteiger partial charge in [0.05, 0.1) is 22.4 Å². The number of para-hydroxylation sites is 1. The van der Waals surface area contributed by atoms with Gasteiger partial charge < -0.3 is 14.8 Å². The van der Waals surface area contributed by atoms with E-state index in [0.717, 1.165) is 5.56 Å². The average Bonchev–Trinajstić information content (AvgIpc) is 2.54.